The lowest BCUT2D eigenvalue weighted by molar-refractivity contribution is -0.121. The van der Waals surface area contributed by atoms with Gasteiger partial charge in [0.2, 0.25) is 5.91 Å². The average molecular weight is 389 g/mol. The van der Waals surface area contributed by atoms with Crippen molar-refractivity contribution in [3.05, 3.63) is 64.2 Å². The van der Waals surface area contributed by atoms with Crippen molar-refractivity contribution in [3.8, 4) is 5.75 Å². The molecule has 2 rings (SSSR count). The highest BCUT2D eigenvalue weighted by Crippen LogP contribution is 2.21. The highest BCUT2D eigenvalue weighted by atomic mass is 35.5. The summed E-state index contributed by atoms with van der Waals surface area (Å²) in [5.74, 6) is 0.677. The standard InChI is InChI=1S/C21H25ClN2O3/c1-15-12-18(22)9-10-19(15)27-11-5-8-20(25)23-14-16-6-4-7-17(13-16)21(26)24(2)3/h4,6-7,9-10,12-13H,5,8,11,14H2,1-3H3,(H,23,25). The normalized spacial score (nSPS) is 10.4. The molecule has 27 heavy (non-hydrogen) atoms. The van der Waals surface area contributed by atoms with E-state index in [-0.39, 0.29) is 11.8 Å². The monoisotopic (exact) mass is 388 g/mol. The van der Waals surface area contributed by atoms with Crippen LogP contribution in [0.5, 0.6) is 5.75 Å². The zero-order chi connectivity index (χ0) is 19.8. The van der Waals surface area contributed by atoms with Crippen molar-refractivity contribution in [3.63, 3.8) is 0 Å². The number of carbonyl (C=O) groups excluding carboxylic acids is 2. The summed E-state index contributed by atoms with van der Waals surface area (Å²) in [7, 11) is 3.43. The minimum Gasteiger partial charge on any atom is -0.493 e. The molecule has 0 saturated carbocycles. The van der Waals surface area contributed by atoms with E-state index in [0.29, 0.717) is 36.6 Å². The lowest BCUT2D eigenvalue weighted by atomic mass is 10.1. The number of aryl methyl sites for hydroxylation is 1. The number of hydrogen-bond acceptors (Lipinski definition) is 3. The Bertz CT molecular complexity index is 806. The molecule has 2 aromatic carbocycles. The van der Waals surface area contributed by atoms with Gasteiger partial charge < -0.3 is 15.0 Å². The molecule has 0 heterocycles. The fourth-order valence-electron chi connectivity index (χ4n) is 2.55. The van der Waals surface area contributed by atoms with E-state index < -0.39 is 0 Å². The molecule has 0 radical (unpaired) electrons. The van der Waals surface area contributed by atoms with Crippen molar-refractivity contribution in [2.24, 2.45) is 0 Å². The molecule has 2 aromatic rings. The van der Waals surface area contributed by atoms with Gasteiger partial charge in [-0.25, -0.2) is 0 Å². The molecule has 2 amide bonds. The van der Waals surface area contributed by atoms with E-state index in [1.54, 1.807) is 32.3 Å². The third-order valence-corrected chi connectivity index (χ3v) is 4.25. The molecule has 0 spiro atoms. The van der Waals surface area contributed by atoms with Gasteiger partial charge in [-0.1, -0.05) is 23.7 Å². The Morgan fingerprint density at radius 3 is 2.63 bits per heavy atom. The van der Waals surface area contributed by atoms with Gasteiger partial charge in [0.15, 0.2) is 0 Å². The van der Waals surface area contributed by atoms with E-state index in [1.807, 2.05) is 31.2 Å². The maximum atomic E-state index is 12.0. The fourth-order valence-corrected chi connectivity index (χ4v) is 2.78. The van der Waals surface area contributed by atoms with Gasteiger partial charge in [0.1, 0.15) is 5.75 Å². The van der Waals surface area contributed by atoms with Crippen LogP contribution in [-0.4, -0.2) is 37.4 Å². The minimum absolute atomic E-state index is 0.0456. The molecule has 0 unspecified atom stereocenters. The van der Waals surface area contributed by atoms with Gasteiger partial charge in [-0.05, 0) is 54.8 Å². The van der Waals surface area contributed by atoms with Gasteiger partial charge in [-0.3, -0.25) is 9.59 Å². The van der Waals surface area contributed by atoms with Crippen molar-refractivity contribution in [1.82, 2.24) is 10.2 Å². The summed E-state index contributed by atoms with van der Waals surface area (Å²) in [6.07, 6.45) is 0.996. The molecule has 144 valence electrons. The van der Waals surface area contributed by atoms with Crippen molar-refractivity contribution in [1.29, 1.82) is 0 Å². The zero-order valence-corrected chi connectivity index (χ0v) is 16.7. The van der Waals surface area contributed by atoms with Crippen molar-refractivity contribution in [2.75, 3.05) is 20.7 Å². The maximum Gasteiger partial charge on any atom is 0.253 e. The molecular formula is C21H25ClN2O3. The minimum atomic E-state index is -0.0576. The first kappa shape index (κ1) is 20.8. The Morgan fingerprint density at radius 2 is 1.93 bits per heavy atom. The van der Waals surface area contributed by atoms with Crippen LogP contribution < -0.4 is 10.1 Å². The molecular weight excluding hydrogens is 364 g/mol. The second-order valence-electron chi connectivity index (χ2n) is 6.54. The van der Waals surface area contributed by atoms with Crippen LogP contribution >= 0.6 is 11.6 Å². The van der Waals surface area contributed by atoms with E-state index >= 15 is 0 Å². The summed E-state index contributed by atoms with van der Waals surface area (Å²) < 4.78 is 5.69. The first-order valence-electron chi connectivity index (χ1n) is 8.83. The maximum absolute atomic E-state index is 12.0. The first-order valence-corrected chi connectivity index (χ1v) is 9.21. The highest BCUT2D eigenvalue weighted by molar-refractivity contribution is 6.30. The molecule has 0 aromatic heterocycles. The number of benzene rings is 2. The number of carbonyl (C=O) groups is 2. The lowest BCUT2D eigenvalue weighted by Crippen LogP contribution is -2.24. The van der Waals surface area contributed by atoms with Gasteiger partial charge in [0.05, 0.1) is 6.61 Å². The number of nitrogens with one attached hydrogen (secondary N) is 1. The SMILES string of the molecule is Cc1cc(Cl)ccc1OCCCC(=O)NCc1cccc(C(=O)N(C)C)c1. The van der Waals surface area contributed by atoms with E-state index in [9.17, 15) is 9.59 Å². The summed E-state index contributed by atoms with van der Waals surface area (Å²) >= 11 is 5.92. The molecule has 0 bridgehead atoms. The largest absolute Gasteiger partial charge is 0.493 e. The van der Waals surface area contributed by atoms with Gasteiger partial charge in [0.25, 0.3) is 5.91 Å². The summed E-state index contributed by atoms with van der Waals surface area (Å²) in [4.78, 5) is 25.5. The molecule has 0 saturated heterocycles. The third-order valence-electron chi connectivity index (χ3n) is 4.01. The van der Waals surface area contributed by atoms with Gasteiger partial charge in [0, 0.05) is 37.6 Å². The number of halogens is 1. The molecule has 0 aliphatic carbocycles. The summed E-state index contributed by atoms with van der Waals surface area (Å²) in [5, 5.41) is 3.55. The molecule has 0 aliphatic rings. The summed E-state index contributed by atoms with van der Waals surface area (Å²) in [6.45, 7) is 2.79. The van der Waals surface area contributed by atoms with Crippen LogP contribution in [-0.2, 0) is 11.3 Å². The van der Waals surface area contributed by atoms with E-state index in [1.165, 1.54) is 4.90 Å². The molecule has 1 N–H and O–H groups in total. The topological polar surface area (TPSA) is 58.6 Å². The predicted octanol–water partition coefficient (Wildman–Crippen LogP) is 3.83. The van der Waals surface area contributed by atoms with Crippen molar-refractivity contribution in [2.45, 2.75) is 26.3 Å². The third kappa shape index (κ3) is 6.61. The molecule has 5 nitrogen and oxygen atoms in total. The van der Waals surface area contributed by atoms with Crippen molar-refractivity contribution < 1.29 is 14.3 Å². The van der Waals surface area contributed by atoms with E-state index in [4.69, 9.17) is 16.3 Å². The summed E-state index contributed by atoms with van der Waals surface area (Å²) in [5.41, 5.74) is 2.47. The average Bonchev–Trinajstić information content (AvgIpc) is 2.64. The number of rotatable bonds is 8. The zero-order valence-electron chi connectivity index (χ0n) is 15.9. The Labute approximate surface area is 165 Å². The molecule has 0 aliphatic heterocycles. The van der Waals surface area contributed by atoms with Crippen LogP contribution in [0.4, 0.5) is 0 Å². The molecule has 0 atom stereocenters. The smallest absolute Gasteiger partial charge is 0.253 e. The predicted molar refractivity (Wildman–Crippen MR) is 107 cm³/mol. The Kier molecular flexibility index (Phi) is 7.67. The van der Waals surface area contributed by atoms with Crippen molar-refractivity contribution >= 4 is 23.4 Å². The van der Waals surface area contributed by atoms with E-state index in [0.717, 1.165) is 16.9 Å². The second-order valence-corrected chi connectivity index (χ2v) is 6.97. The van der Waals surface area contributed by atoms with Crippen LogP contribution in [0.3, 0.4) is 0 Å². The Balaban J connectivity index is 1.73. The number of nitrogens with zero attached hydrogens (tertiary/aromatic N) is 1. The molecule has 0 fully saturated rings. The van der Waals surface area contributed by atoms with Gasteiger partial charge in [-0.15, -0.1) is 0 Å². The number of amides is 2. The van der Waals surface area contributed by atoms with E-state index in [2.05, 4.69) is 5.32 Å². The quantitative estimate of drug-likeness (QED) is 0.699. The highest BCUT2D eigenvalue weighted by Gasteiger charge is 2.09. The van der Waals surface area contributed by atoms with Crippen LogP contribution in [0.2, 0.25) is 5.02 Å². The van der Waals surface area contributed by atoms with Crippen LogP contribution in [0.1, 0.15) is 34.3 Å². The Morgan fingerprint density at radius 1 is 1.15 bits per heavy atom. The fraction of sp³-hybridized carbons (Fsp3) is 0.333. The van der Waals surface area contributed by atoms with Crippen LogP contribution in [0.15, 0.2) is 42.5 Å². The first-order chi connectivity index (χ1) is 12.9. The van der Waals surface area contributed by atoms with Gasteiger partial charge in [-0.2, -0.15) is 0 Å². The van der Waals surface area contributed by atoms with Gasteiger partial charge >= 0.3 is 0 Å². The number of ether oxygens (including phenoxy) is 1. The lowest BCUT2D eigenvalue weighted by Gasteiger charge is -2.12. The second kappa shape index (κ2) is 9.97. The number of hydrogen-bond donors (Lipinski definition) is 1. The van der Waals surface area contributed by atoms with Crippen LogP contribution in [0, 0.1) is 6.92 Å². The summed E-state index contributed by atoms with van der Waals surface area (Å²) in [6, 6.07) is 12.7. The Hall–Kier alpha value is -2.53. The van der Waals surface area contributed by atoms with Crippen LogP contribution in [0.25, 0.3) is 0 Å². The molecule has 6 heteroatoms.